The predicted octanol–water partition coefficient (Wildman–Crippen LogP) is 4.99. The van der Waals surface area contributed by atoms with Gasteiger partial charge in [0.2, 0.25) is 0 Å². The van der Waals surface area contributed by atoms with E-state index in [0.29, 0.717) is 10.4 Å². The van der Waals surface area contributed by atoms with Gasteiger partial charge in [-0.05, 0) is 46.8 Å². The molecule has 98 valence electrons. The van der Waals surface area contributed by atoms with Crippen molar-refractivity contribution in [1.29, 1.82) is 0 Å². The summed E-state index contributed by atoms with van der Waals surface area (Å²) < 4.78 is 14.3. The highest BCUT2D eigenvalue weighted by atomic mass is 79.9. The predicted molar refractivity (Wildman–Crippen MR) is 74.2 cm³/mol. The van der Waals surface area contributed by atoms with E-state index in [9.17, 15) is 9.18 Å². The number of hydrogen-bond acceptors (Lipinski definition) is 1. The molecule has 3 heteroatoms. The van der Waals surface area contributed by atoms with Gasteiger partial charge in [-0.3, -0.25) is 4.79 Å². The fourth-order valence-corrected chi connectivity index (χ4v) is 3.18. The Bertz CT molecular complexity index is 444. The normalized spacial score (nSPS) is 23.9. The Labute approximate surface area is 116 Å². The molecule has 1 aromatic rings. The number of benzene rings is 1. The van der Waals surface area contributed by atoms with Gasteiger partial charge in [0.25, 0.3) is 0 Å². The Morgan fingerprint density at radius 1 is 1.44 bits per heavy atom. The van der Waals surface area contributed by atoms with Crippen LogP contribution in [-0.2, 0) is 0 Å². The highest BCUT2D eigenvalue weighted by Crippen LogP contribution is 2.34. The van der Waals surface area contributed by atoms with E-state index in [1.165, 1.54) is 6.42 Å². The summed E-state index contributed by atoms with van der Waals surface area (Å²) in [6.07, 6.45) is 5.24. The van der Waals surface area contributed by atoms with Crippen LogP contribution in [0.5, 0.6) is 0 Å². The molecule has 0 aliphatic heterocycles. The second kappa shape index (κ2) is 5.96. The number of carbonyl (C=O) groups excluding carboxylic acids is 1. The fraction of sp³-hybridized carbons (Fsp3) is 0.533. The van der Waals surface area contributed by atoms with Crippen molar-refractivity contribution in [2.75, 3.05) is 0 Å². The molecule has 0 spiro atoms. The Balaban J connectivity index is 2.18. The van der Waals surface area contributed by atoms with Crippen LogP contribution < -0.4 is 0 Å². The standard InChI is InChI=1S/C15H18BrFO/c1-2-10-5-3-6-11(9-10)15(18)12-7-4-8-13(16)14(12)17/h4,7-8,10-11H,2-3,5-6,9H2,1H3. The van der Waals surface area contributed by atoms with Crippen molar-refractivity contribution in [2.24, 2.45) is 11.8 Å². The van der Waals surface area contributed by atoms with Crippen LogP contribution in [0.4, 0.5) is 4.39 Å². The Hall–Kier alpha value is -0.700. The number of carbonyl (C=O) groups is 1. The van der Waals surface area contributed by atoms with Gasteiger partial charge in [0.15, 0.2) is 5.78 Å². The Morgan fingerprint density at radius 3 is 2.94 bits per heavy atom. The van der Waals surface area contributed by atoms with Crippen LogP contribution in [0.2, 0.25) is 0 Å². The lowest BCUT2D eigenvalue weighted by atomic mass is 9.77. The van der Waals surface area contributed by atoms with Crippen LogP contribution in [0.1, 0.15) is 49.4 Å². The minimum absolute atomic E-state index is 0.00694. The van der Waals surface area contributed by atoms with Crippen molar-refractivity contribution >= 4 is 21.7 Å². The second-order valence-corrected chi connectivity index (χ2v) is 5.96. The van der Waals surface area contributed by atoms with Crippen molar-refractivity contribution in [3.63, 3.8) is 0 Å². The molecular formula is C15H18BrFO. The van der Waals surface area contributed by atoms with Crippen LogP contribution in [0.3, 0.4) is 0 Å². The molecule has 2 atom stereocenters. The largest absolute Gasteiger partial charge is 0.294 e. The molecule has 1 fully saturated rings. The molecule has 18 heavy (non-hydrogen) atoms. The maximum atomic E-state index is 13.9. The van der Waals surface area contributed by atoms with Crippen molar-refractivity contribution in [1.82, 2.24) is 0 Å². The minimum atomic E-state index is -0.416. The summed E-state index contributed by atoms with van der Waals surface area (Å²) in [5, 5.41) is 0. The first-order valence-corrected chi connectivity index (χ1v) is 7.41. The number of Topliss-reactive ketones (excluding diaryl/α,β-unsaturated/α-hetero) is 1. The molecule has 2 unspecified atom stereocenters. The zero-order chi connectivity index (χ0) is 13.1. The van der Waals surface area contributed by atoms with Crippen molar-refractivity contribution in [2.45, 2.75) is 39.0 Å². The van der Waals surface area contributed by atoms with Gasteiger partial charge < -0.3 is 0 Å². The lowest BCUT2D eigenvalue weighted by Crippen LogP contribution is -2.23. The van der Waals surface area contributed by atoms with E-state index < -0.39 is 5.82 Å². The zero-order valence-corrected chi connectivity index (χ0v) is 12.2. The summed E-state index contributed by atoms with van der Waals surface area (Å²) in [7, 11) is 0. The zero-order valence-electron chi connectivity index (χ0n) is 10.6. The number of halogens is 2. The Morgan fingerprint density at radius 2 is 2.22 bits per heavy atom. The number of rotatable bonds is 3. The molecule has 0 N–H and O–H groups in total. The maximum Gasteiger partial charge on any atom is 0.168 e. The third kappa shape index (κ3) is 2.82. The molecule has 0 aromatic heterocycles. The van der Waals surface area contributed by atoms with E-state index in [1.54, 1.807) is 18.2 Å². The van der Waals surface area contributed by atoms with E-state index in [4.69, 9.17) is 0 Å². The fourth-order valence-electron chi connectivity index (χ4n) is 2.81. The van der Waals surface area contributed by atoms with Gasteiger partial charge in [0.1, 0.15) is 5.82 Å². The van der Waals surface area contributed by atoms with Crippen LogP contribution in [0.25, 0.3) is 0 Å². The first kappa shape index (κ1) is 13.7. The van der Waals surface area contributed by atoms with Gasteiger partial charge >= 0.3 is 0 Å². The van der Waals surface area contributed by atoms with Gasteiger partial charge in [-0.25, -0.2) is 4.39 Å². The number of hydrogen-bond donors (Lipinski definition) is 0. The molecule has 1 aromatic carbocycles. The van der Waals surface area contributed by atoms with E-state index >= 15 is 0 Å². The van der Waals surface area contributed by atoms with E-state index in [1.807, 2.05) is 0 Å². The smallest absolute Gasteiger partial charge is 0.168 e. The van der Waals surface area contributed by atoms with Crippen molar-refractivity contribution < 1.29 is 9.18 Å². The first-order valence-electron chi connectivity index (χ1n) is 6.61. The molecule has 0 heterocycles. The quantitative estimate of drug-likeness (QED) is 0.719. The summed E-state index contributed by atoms with van der Waals surface area (Å²) in [6.45, 7) is 2.16. The third-order valence-electron chi connectivity index (χ3n) is 3.95. The van der Waals surface area contributed by atoms with Crippen LogP contribution in [0.15, 0.2) is 22.7 Å². The average molecular weight is 313 g/mol. The molecule has 1 nitrogen and oxygen atoms in total. The molecule has 0 bridgehead atoms. The topological polar surface area (TPSA) is 17.1 Å². The molecule has 1 aliphatic carbocycles. The van der Waals surface area contributed by atoms with Gasteiger partial charge in [0, 0.05) is 5.92 Å². The summed E-state index contributed by atoms with van der Waals surface area (Å²) in [6, 6.07) is 4.94. The second-order valence-electron chi connectivity index (χ2n) is 5.10. The van der Waals surface area contributed by atoms with Gasteiger partial charge in [-0.15, -0.1) is 0 Å². The van der Waals surface area contributed by atoms with Gasteiger partial charge in [-0.2, -0.15) is 0 Å². The summed E-state index contributed by atoms with van der Waals surface area (Å²) in [4.78, 5) is 12.4. The van der Waals surface area contributed by atoms with Gasteiger partial charge in [-0.1, -0.05) is 32.3 Å². The van der Waals surface area contributed by atoms with Crippen molar-refractivity contribution in [3.05, 3.63) is 34.1 Å². The van der Waals surface area contributed by atoms with E-state index in [-0.39, 0.29) is 17.3 Å². The first-order chi connectivity index (χ1) is 8.63. The van der Waals surface area contributed by atoms with Crippen LogP contribution >= 0.6 is 15.9 Å². The summed E-state index contributed by atoms with van der Waals surface area (Å²) in [5.74, 6) is 0.198. The third-order valence-corrected chi connectivity index (χ3v) is 4.56. The van der Waals surface area contributed by atoms with E-state index in [2.05, 4.69) is 22.9 Å². The molecular weight excluding hydrogens is 295 g/mol. The lowest BCUT2D eigenvalue weighted by molar-refractivity contribution is 0.0857. The summed E-state index contributed by atoms with van der Waals surface area (Å²) in [5.41, 5.74) is 0.242. The number of ketones is 1. The highest BCUT2D eigenvalue weighted by molar-refractivity contribution is 9.10. The molecule has 1 saturated carbocycles. The van der Waals surface area contributed by atoms with Crippen molar-refractivity contribution in [3.8, 4) is 0 Å². The van der Waals surface area contributed by atoms with E-state index in [0.717, 1.165) is 25.7 Å². The molecule has 2 rings (SSSR count). The van der Waals surface area contributed by atoms with Gasteiger partial charge in [0.05, 0.1) is 10.0 Å². The monoisotopic (exact) mass is 312 g/mol. The molecule has 0 radical (unpaired) electrons. The Kier molecular flexibility index (Phi) is 4.55. The van der Waals surface area contributed by atoms with Crippen LogP contribution in [-0.4, -0.2) is 5.78 Å². The molecule has 1 aliphatic rings. The molecule has 0 saturated heterocycles. The SMILES string of the molecule is CCC1CCCC(C(=O)c2cccc(Br)c2F)C1. The molecule has 0 amide bonds. The van der Waals surface area contributed by atoms with Crippen LogP contribution in [0, 0.1) is 17.7 Å². The minimum Gasteiger partial charge on any atom is -0.294 e. The lowest BCUT2D eigenvalue weighted by Gasteiger charge is -2.27. The maximum absolute atomic E-state index is 13.9. The average Bonchev–Trinajstić information content (AvgIpc) is 2.41. The summed E-state index contributed by atoms with van der Waals surface area (Å²) >= 11 is 3.14. The highest BCUT2D eigenvalue weighted by Gasteiger charge is 2.28.